The number of rotatable bonds is 20. The third-order valence-electron chi connectivity index (χ3n) is 15.9. The molecule has 91 heavy (non-hydrogen) atoms. The van der Waals surface area contributed by atoms with Crippen LogP contribution in [0, 0.1) is 41.1 Å². The Morgan fingerprint density at radius 2 is 0.890 bits per heavy atom. The first kappa shape index (κ1) is 67.1. The quantitative estimate of drug-likeness (QED) is 0.0384. The largest absolute Gasteiger partial charge is 0.479 e. The number of benzene rings is 6. The molecule has 16 atom stereocenters. The van der Waals surface area contributed by atoms with Gasteiger partial charge in [0.1, 0.15) is 65.6 Å². The highest BCUT2D eigenvalue weighted by atomic mass is 32.2. The molecule has 0 unspecified atom stereocenters. The molecule has 6 aromatic rings. The van der Waals surface area contributed by atoms with E-state index < -0.39 is 137 Å². The summed E-state index contributed by atoms with van der Waals surface area (Å²) in [7, 11) is -3.38. The SMILES string of the molecule is CS(=O)(=O)NCC#Cc1ccc(N2C(=O)[C@H](CC[C@H](O)c3ccc(F)cc3)[C@H]2c2ccc(O[C@@H]3O[C@H](C(=O)O)[C@@H](O)[C@H](O)[C@H]3O)cc2)cc1.O=C(O)[C@H]1O[C@@H](Oc2ccc([C@@H]3[C@@H](CC[C@H](O)c4ccc(F)cc4)C(=O)N3c3ccc(F)cc3)cc2)[C@H](O)[C@@H](O)[C@@H]1O. The standard InChI is InChI=1S/C34H35FN2O11S.C30H29F2NO9/c1-49(45,46)36-18-2-3-19-4-12-23(13-5-19)37-27(25(32(37)42)16-17-26(38)20-6-10-22(35)11-7-20)21-8-14-24(15-9-21)47-34-30(41)28(39)29(40)31(48-34)33(43)44;31-17-5-1-15(2-6-17)22(34)14-13-21-23(33(28(21)38)19-9-7-18(32)8-10-19)16-3-11-20(12-4-16)41-30-26(37)24(35)25(36)27(42-30)29(39)40/h4-15,25-31,34,36,38-41H,16-18H2,1H3,(H,43,44);1-12,21-27,30,34-37H,13-14H2,(H,39,40)/t25-,26+,27-,28+,29+,30-,31+,34-;21-,22+,23-,24+,25+,26-,27+,30-/m11/s1. The van der Waals surface area contributed by atoms with Gasteiger partial charge in [-0.1, -0.05) is 60.4 Å². The molecule has 2 amide bonds. The Morgan fingerprint density at radius 3 is 1.24 bits per heavy atom. The number of carbonyl (C=O) groups is 4. The van der Waals surface area contributed by atoms with Crippen LogP contribution < -0.4 is 24.0 Å². The number of hydrogen-bond acceptors (Lipinski definition) is 18. The van der Waals surface area contributed by atoms with E-state index in [4.69, 9.17) is 18.9 Å². The van der Waals surface area contributed by atoms with Gasteiger partial charge < -0.3 is 79.8 Å². The maximum absolute atomic E-state index is 13.6. The number of carboxylic acids is 2. The number of aliphatic hydroxyl groups is 8. The number of carbonyl (C=O) groups excluding carboxylic acids is 2. The molecule has 0 aromatic heterocycles. The van der Waals surface area contributed by atoms with Crippen LogP contribution in [0.3, 0.4) is 0 Å². The van der Waals surface area contributed by atoms with Crippen LogP contribution in [0.2, 0.25) is 0 Å². The van der Waals surface area contributed by atoms with Crippen molar-refractivity contribution in [2.24, 2.45) is 11.8 Å². The van der Waals surface area contributed by atoms with E-state index in [1.54, 1.807) is 53.4 Å². The van der Waals surface area contributed by atoms with Crippen molar-refractivity contribution in [1.82, 2.24) is 4.72 Å². The number of sulfonamides is 1. The van der Waals surface area contributed by atoms with Crippen LogP contribution in [-0.2, 0) is 38.7 Å². The number of aliphatic hydroxyl groups excluding tert-OH is 8. The molecule has 0 bridgehead atoms. The van der Waals surface area contributed by atoms with Gasteiger partial charge >= 0.3 is 11.9 Å². The smallest absolute Gasteiger partial charge is 0.335 e. The summed E-state index contributed by atoms with van der Waals surface area (Å²) in [6.45, 7) is -0.0626. The van der Waals surface area contributed by atoms with E-state index in [-0.39, 0.29) is 42.7 Å². The lowest BCUT2D eigenvalue weighted by Crippen LogP contribution is -2.61. The number of β-lactam (4-membered cyclic amide) rings is 2. The second kappa shape index (κ2) is 28.9. The first-order chi connectivity index (χ1) is 43.3. The van der Waals surface area contributed by atoms with Crippen molar-refractivity contribution in [1.29, 1.82) is 0 Å². The van der Waals surface area contributed by atoms with Gasteiger partial charge in [-0.2, -0.15) is 0 Å². The summed E-state index contributed by atoms with van der Waals surface area (Å²) in [5.74, 6) is -0.0197. The first-order valence-electron chi connectivity index (χ1n) is 28.5. The minimum Gasteiger partial charge on any atom is -0.479 e. The lowest BCUT2D eigenvalue weighted by atomic mass is 9.78. The molecule has 0 radical (unpaired) electrons. The second-order valence-electron chi connectivity index (χ2n) is 22.1. The van der Waals surface area contributed by atoms with Crippen molar-refractivity contribution < 1.29 is 111 Å². The molecule has 10 rings (SSSR count). The van der Waals surface area contributed by atoms with E-state index in [1.165, 1.54) is 102 Å². The van der Waals surface area contributed by atoms with Gasteiger partial charge in [0.25, 0.3) is 0 Å². The second-order valence-corrected chi connectivity index (χ2v) is 23.9. The highest BCUT2D eigenvalue weighted by molar-refractivity contribution is 7.88. The molecule has 4 aliphatic heterocycles. The van der Waals surface area contributed by atoms with Gasteiger partial charge in [0.2, 0.25) is 34.4 Å². The summed E-state index contributed by atoms with van der Waals surface area (Å²) in [6, 6.07) is 34.9. The zero-order valence-electron chi connectivity index (χ0n) is 48.1. The summed E-state index contributed by atoms with van der Waals surface area (Å²) in [5.41, 5.74) is 4.04. The third-order valence-corrected chi connectivity index (χ3v) is 16.6. The Hall–Kier alpha value is -8.34. The number of aliphatic carboxylic acids is 2. The number of anilines is 2. The van der Waals surface area contributed by atoms with Gasteiger partial charge in [-0.05, 0) is 145 Å². The summed E-state index contributed by atoms with van der Waals surface area (Å²) < 4.78 is 86.6. The molecular formula is C64H64F3N3O20S. The maximum Gasteiger partial charge on any atom is 0.335 e. The molecule has 4 heterocycles. The molecule has 27 heteroatoms. The van der Waals surface area contributed by atoms with Crippen LogP contribution in [0.4, 0.5) is 24.5 Å². The van der Waals surface area contributed by atoms with Crippen molar-refractivity contribution >= 4 is 45.2 Å². The maximum atomic E-state index is 13.6. The topological polar surface area (TPSA) is 360 Å². The number of nitrogens with zero attached hydrogens (tertiary/aromatic N) is 2. The Balaban J connectivity index is 0.000000218. The fourth-order valence-corrected chi connectivity index (χ4v) is 11.4. The molecule has 4 aliphatic rings. The Kier molecular flexibility index (Phi) is 21.3. The van der Waals surface area contributed by atoms with Gasteiger partial charge in [-0.25, -0.2) is 35.9 Å². The van der Waals surface area contributed by atoms with Gasteiger partial charge in [0.15, 0.2) is 12.2 Å². The number of ether oxygens (including phenoxy) is 4. The molecule has 4 fully saturated rings. The predicted octanol–water partition coefficient (Wildman–Crippen LogP) is 3.67. The molecular weight excluding hydrogens is 1220 g/mol. The van der Waals surface area contributed by atoms with E-state index in [1.807, 2.05) is 0 Å². The fourth-order valence-electron chi connectivity index (χ4n) is 11.1. The third kappa shape index (κ3) is 15.7. The highest BCUT2D eigenvalue weighted by Crippen LogP contribution is 2.48. The van der Waals surface area contributed by atoms with Crippen molar-refractivity contribution in [3.63, 3.8) is 0 Å². The zero-order chi connectivity index (χ0) is 65.6. The Labute approximate surface area is 518 Å². The zero-order valence-corrected chi connectivity index (χ0v) is 48.9. The molecule has 0 spiro atoms. The van der Waals surface area contributed by atoms with Crippen molar-refractivity contribution in [3.05, 3.63) is 191 Å². The predicted molar refractivity (Wildman–Crippen MR) is 314 cm³/mol. The van der Waals surface area contributed by atoms with E-state index in [2.05, 4.69) is 16.6 Å². The molecule has 11 N–H and O–H groups in total. The van der Waals surface area contributed by atoms with Gasteiger partial charge in [0.05, 0.1) is 48.9 Å². The minimum absolute atomic E-state index is 0.0626. The molecule has 23 nitrogen and oxygen atoms in total. The van der Waals surface area contributed by atoms with E-state index >= 15 is 0 Å². The summed E-state index contributed by atoms with van der Waals surface area (Å²) in [6.07, 6.45) is -17.4. The van der Waals surface area contributed by atoms with E-state index in [9.17, 15) is 91.8 Å². The van der Waals surface area contributed by atoms with Gasteiger partial charge in [-0.3, -0.25) is 9.59 Å². The molecule has 6 aromatic carbocycles. The minimum atomic E-state index is -3.38. The van der Waals surface area contributed by atoms with Crippen LogP contribution in [0.1, 0.15) is 77.8 Å². The van der Waals surface area contributed by atoms with Crippen LogP contribution in [0.15, 0.2) is 146 Å². The molecule has 0 aliphatic carbocycles. The van der Waals surface area contributed by atoms with E-state index in [0.29, 0.717) is 52.0 Å². The Bertz CT molecular complexity index is 3700. The van der Waals surface area contributed by atoms with Crippen LogP contribution >= 0.6 is 0 Å². The lowest BCUT2D eigenvalue weighted by Gasteiger charge is -2.48. The van der Waals surface area contributed by atoms with Gasteiger partial charge in [-0.15, -0.1) is 0 Å². The molecule has 482 valence electrons. The molecule has 4 saturated heterocycles. The summed E-state index contributed by atoms with van der Waals surface area (Å²) in [4.78, 5) is 52.8. The normalized spacial score (nSPS) is 26.9. The highest BCUT2D eigenvalue weighted by Gasteiger charge is 2.52. The first-order valence-corrected chi connectivity index (χ1v) is 30.4. The summed E-state index contributed by atoms with van der Waals surface area (Å²) in [5, 5.41) is 100. The number of carboxylic acid groups (broad SMARTS) is 2. The molecule has 0 saturated carbocycles. The van der Waals surface area contributed by atoms with Crippen LogP contribution in [0.5, 0.6) is 11.5 Å². The van der Waals surface area contributed by atoms with Crippen molar-refractivity contribution in [3.8, 4) is 23.3 Å². The number of halogens is 3. The number of amides is 2. The van der Waals surface area contributed by atoms with Crippen molar-refractivity contribution in [2.45, 2.75) is 111 Å². The fraction of sp³-hybridized carbons (Fsp3) is 0.344. The van der Waals surface area contributed by atoms with Crippen LogP contribution in [-0.4, -0.2) is 157 Å². The number of nitrogens with one attached hydrogen (secondary N) is 1. The number of hydrogen-bond donors (Lipinski definition) is 11. The average Bonchev–Trinajstić information content (AvgIpc) is 0.754. The van der Waals surface area contributed by atoms with Crippen molar-refractivity contribution in [2.75, 3.05) is 22.6 Å². The van der Waals surface area contributed by atoms with Crippen LogP contribution in [0.25, 0.3) is 0 Å². The Morgan fingerprint density at radius 1 is 0.538 bits per heavy atom. The lowest BCUT2D eigenvalue weighted by molar-refractivity contribution is -0.271. The van der Waals surface area contributed by atoms with Gasteiger partial charge in [0, 0.05) is 16.9 Å². The monoisotopic (exact) mass is 1280 g/mol. The van der Waals surface area contributed by atoms with E-state index in [0.717, 1.165) is 6.26 Å². The average molecular weight is 1280 g/mol. The summed E-state index contributed by atoms with van der Waals surface area (Å²) >= 11 is 0.